The Morgan fingerprint density at radius 2 is 1.91 bits per heavy atom. The van der Waals surface area contributed by atoms with Crippen molar-refractivity contribution in [3.05, 3.63) is 71.9 Å². The summed E-state index contributed by atoms with van der Waals surface area (Å²) in [6, 6.07) is 13.9. The molecule has 0 N–H and O–H groups in total. The summed E-state index contributed by atoms with van der Waals surface area (Å²) in [6.45, 7) is 5.83. The van der Waals surface area contributed by atoms with Crippen LogP contribution in [-0.4, -0.2) is 59.2 Å². The molecule has 0 aliphatic carbocycles. The summed E-state index contributed by atoms with van der Waals surface area (Å²) in [5.74, 6) is 1.71. The average Bonchev–Trinajstić information content (AvgIpc) is 2.85. The molecule has 0 radical (unpaired) electrons. The Bertz CT molecular complexity index is 1080. The van der Waals surface area contributed by atoms with Gasteiger partial charge in [-0.1, -0.05) is 12.1 Å². The van der Waals surface area contributed by atoms with Gasteiger partial charge in [-0.05, 0) is 43.7 Å². The maximum Gasteiger partial charge on any atom is 0.225 e. The summed E-state index contributed by atoms with van der Waals surface area (Å²) >= 11 is 0. The molecule has 2 aliphatic heterocycles. The standard InChI is InChI=1S/C25H28FN5O2/c26-20-5-1-6-22(16-20)33-24-8-2-7-23(29-24)19-4-3-11-30(17-19)18-21-9-10-27-25(28-21)31-12-14-32-15-13-31/h1-2,5-10,16,19H,3-4,11-15,17-18H2. The zero-order valence-electron chi connectivity index (χ0n) is 18.6. The smallest absolute Gasteiger partial charge is 0.225 e. The minimum Gasteiger partial charge on any atom is -0.439 e. The number of ether oxygens (including phenoxy) is 2. The molecule has 0 spiro atoms. The second-order valence-corrected chi connectivity index (χ2v) is 8.48. The monoisotopic (exact) mass is 449 g/mol. The number of benzene rings is 1. The van der Waals surface area contributed by atoms with Crippen molar-refractivity contribution in [2.75, 3.05) is 44.3 Å². The normalized spacial score (nSPS) is 19.4. The molecule has 1 unspecified atom stereocenters. The molecule has 7 nitrogen and oxygen atoms in total. The van der Waals surface area contributed by atoms with Gasteiger partial charge in [-0.3, -0.25) is 4.90 Å². The lowest BCUT2D eigenvalue weighted by Crippen LogP contribution is -2.38. The highest BCUT2D eigenvalue weighted by molar-refractivity contribution is 5.31. The van der Waals surface area contributed by atoms with Crippen molar-refractivity contribution in [3.8, 4) is 11.6 Å². The average molecular weight is 450 g/mol. The summed E-state index contributed by atoms with van der Waals surface area (Å²) in [7, 11) is 0. The Hall–Kier alpha value is -3.10. The molecule has 2 aliphatic rings. The Morgan fingerprint density at radius 1 is 1.03 bits per heavy atom. The largest absolute Gasteiger partial charge is 0.439 e. The Morgan fingerprint density at radius 3 is 2.79 bits per heavy atom. The summed E-state index contributed by atoms with van der Waals surface area (Å²) in [4.78, 5) is 18.6. The molecule has 4 heterocycles. The minimum atomic E-state index is -0.326. The molecular formula is C25H28FN5O2. The van der Waals surface area contributed by atoms with Crippen LogP contribution in [0.2, 0.25) is 0 Å². The van der Waals surface area contributed by atoms with Gasteiger partial charge in [0.1, 0.15) is 11.6 Å². The second kappa shape index (κ2) is 10.2. The fourth-order valence-corrected chi connectivity index (χ4v) is 4.42. The van der Waals surface area contributed by atoms with Gasteiger partial charge in [-0.15, -0.1) is 0 Å². The third kappa shape index (κ3) is 5.64. The fraction of sp³-hybridized carbons (Fsp3) is 0.400. The van der Waals surface area contributed by atoms with Gasteiger partial charge in [0.15, 0.2) is 0 Å². The predicted octanol–water partition coefficient (Wildman–Crippen LogP) is 4.02. The number of rotatable bonds is 6. The van der Waals surface area contributed by atoms with E-state index >= 15 is 0 Å². The van der Waals surface area contributed by atoms with Gasteiger partial charge < -0.3 is 14.4 Å². The van der Waals surface area contributed by atoms with Gasteiger partial charge in [-0.2, -0.15) is 0 Å². The molecular weight excluding hydrogens is 421 g/mol. The highest BCUT2D eigenvalue weighted by Gasteiger charge is 2.23. The lowest BCUT2D eigenvalue weighted by molar-refractivity contribution is 0.122. The van der Waals surface area contributed by atoms with Gasteiger partial charge in [0.25, 0.3) is 0 Å². The zero-order chi connectivity index (χ0) is 22.5. The van der Waals surface area contributed by atoms with E-state index in [0.717, 1.165) is 76.1 Å². The van der Waals surface area contributed by atoms with Crippen LogP contribution in [0.3, 0.4) is 0 Å². The van der Waals surface area contributed by atoms with Crippen LogP contribution in [0.15, 0.2) is 54.7 Å². The lowest BCUT2D eigenvalue weighted by Gasteiger charge is -2.32. The van der Waals surface area contributed by atoms with E-state index in [9.17, 15) is 4.39 Å². The maximum atomic E-state index is 13.5. The van der Waals surface area contributed by atoms with Crippen molar-refractivity contribution >= 4 is 5.95 Å². The van der Waals surface area contributed by atoms with Crippen LogP contribution in [-0.2, 0) is 11.3 Å². The van der Waals surface area contributed by atoms with E-state index < -0.39 is 0 Å². The molecule has 33 heavy (non-hydrogen) atoms. The van der Waals surface area contributed by atoms with Crippen LogP contribution in [0, 0.1) is 5.82 Å². The van der Waals surface area contributed by atoms with Crippen molar-refractivity contribution in [3.63, 3.8) is 0 Å². The highest BCUT2D eigenvalue weighted by atomic mass is 19.1. The van der Waals surface area contributed by atoms with Crippen molar-refractivity contribution < 1.29 is 13.9 Å². The van der Waals surface area contributed by atoms with E-state index in [1.54, 1.807) is 12.1 Å². The Kier molecular flexibility index (Phi) is 6.73. The summed E-state index contributed by atoms with van der Waals surface area (Å²) in [5.41, 5.74) is 2.04. The van der Waals surface area contributed by atoms with E-state index in [0.29, 0.717) is 17.5 Å². The first-order valence-corrected chi connectivity index (χ1v) is 11.5. The van der Waals surface area contributed by atoms with Crippen LogP contribution in [0.5, 0.6) is 11.6 Å². The number of nitrogens with zero attached hydrogens (tertiary/aromatic N) is 5. The van der Waals surface area contributed by atoms with E-state index in [2.05, 4.69) is 14.8 Å². The first-order valence-electron chi connectivity index (χ1n) is 11.5. The van der Waals surface area contributed by atoms with Gasteiger partial charge in [0.2, 0.25) is 11.8 Å². The number of hydrogen-bond acceptors (Lipinski definition) is 7. The molecule has 172 valence electrons. The number of pyridine rings is 1. The van der Waals surface area contributed by atoms with Crippen LogP contribution < -0.4 is 9.64 Å². The van der Waals surface area contributed by atoms with Crippen molar-refractivity contribution in [2.45, 2.75) is 25.3 Å². The predicted molar refractivity (Wildman–Crippen MR) is 123 cm³/mol. The number of aromatic nitrogens is 3. The molecule has 1 aromatic carbocycles. The Labute approximate surface area is 193 Å². The van der Waals surface area contributed by atoms with Crippen LogP contribution in [0.1, 0.15) is 30.1 Å². The summed E-state index contributed by atoms with van der Waals surface area (Å²) < 4.78 is 24.7. The molecule has 2 aromatic heterocycles. The molecule has 0 saturated carbocycles. The quantitative estimate of drug-likeness (QED) is 0.563. The van der Waals surface area contributed by atoms with Crippen LogP contribution in [0.4, 0.5) is 10.3 Å². The zero-order valence-corrected chi connectivity index (χ0v) is 18.6. The number of hydrogen-bond donors (Lipinski definition) is 0. The number of piperidine rings is 1. The third-order valence-electron chi connectivity index (χ3n) is 6.07. The SMILES string of the molecule is Fc1cccc(Oc2cccc(C3CCCN(Cc4ccnc(N5CCOCC5)n4)C3)n2)c1. The van der Waals surface area contributed by atoms with Crippen LogP contribution in [0.25, 0.3) is 0 Å². The van der Waals surface area contributed by atoms with Gasteiger partial charge >= 0.3 is 0 Å². The molecule has 3 aromatic rings. The number of halogens is 1. The number of morpholine rings is 1. The first-order chi connectivity index (χ1) is 16.2. The molecule has 5 rings (SSSR count). The third-order valence-corrected chi connectivity index (χ3v) is 6.07. The number of likely N-dealkylation sites (tertiary alicyclic amines) is 1. The van der Waals surface area contributed by atoms with Crippen molar-refractivity contribution in [1.29, 1.82) is 0 Å². The minimum absolute atomic E-state index is 0.315. The Balaban J connectivity index is 1.24. The number of anilines is 1. The molecule has 1 atom stereocenters. The summed E-state index contributed by atoms with van der Waals surface area (Å²) in [6.07, 6.45) is 4.03. The van der Waals surface area contributed by atoms with Gasteiger partial charge in [0.05, 0.1) is 18.9 Å². The maximum absolute atomic E-state index is 13.5. The van der Waals surface area contributed by atoms with Gasteiger partial charge in [0, 0.05) is 56.1 Å². The molecule has 2 saturated heterocycles. The second-order valence-electron chi connectivity index (χ2n) is 8.48. The van der Waals surface area contributed by atoms with Crippen LogP contribution >= 0.6 is 0 Å². The van der Waals surface area contributed by atoms with E-state index in [-0.39, 0.29) is 5.82 Å². The molecule has 8 heteroatoms. The van der Waals surface area contributed by atoms with E-state index in [4.69, 9.17) is 19.4 Å². The molecule has 0 bridgehead atoms. The van der Waals surface area contributed by atoms with Crippen molar-refractivity contribution in [2.24, 2.45) is 0 Å². The lowest BCUT2D eigenvalue weighted by atomic mass is 9.94. The first kappa shape index (κ1) is 21.7. The van der Waals surface area contributed by atoms with E-state index in [1.165, 1.54) is 12.1 Å². The topological polar surface area (TPSA) is 63.6 Å². The molecule has 2 fully saturated rings. The highest BCUT2D eigenvalue weighted by Crippen LogP contribution is 2.29. The van der Waals surface area contributed by atoms with E-state index in [1.807, 2.05) is 30.5 Å². The van der Waals surface area contributed by atoms with Crippen molar-refractivity contribution in [1.82, 2.24) is 19.9 Å². The molecule has 0 amide bonds. The summed E-state index contributed by atoms with van der Waals surface area (Å²) in [5, 5.41) is 0. The fourth-order valence-electron chi connectivity index (χ4n) is 4.42. The van der Waals surface area contributed by atoms with Gasteiger partial charge in [-0.25, -0.2) is 19.3 Å².